The van der Waals surface area contributed by atoms with Crippen LogP contribution in [0.5, 0.6) is 17.4 Å². The summed E-state index contributed by atoms with van der Waals surface area (Å²) in [6, 6.07) is 12.9. The second-order valence-corrected chi connectivity index (χ2v) is 10.2. The molecule has 1 aliphatic rings. The number of phenolic OH excluding ortho intramolecular Hbond substituents is 1. The van der Waals surface area contributed by atoms with Crippen molar-refractivity contribution in [2.24, 2.45) is 0 Å². The van der Waals surface area contributed by atoms with Crippen LogP contribution < -0.4 is 15.0 Å². The highest BCUT2D eigenvalue weighted by Gasteiger charge is 2.29. The minimum absolute atomic E-state index is 0.0351. The number of aromatic hydroxyl groups is 1. The summed E-state index contributed by atoms with van der Waals surface area (Å²) in [5, 5.41) is 11.9. The largest absolute Gasteiger partial charge is 0.505 e. The molecule has 36 heavy (non-hydrogen) atoms. The maximum atomic E-state index is 14.1. The molecule has 2 aromatic carbocycles. The Balaban J connectivity index is 1.64. The molecule has 1 fully saturated rings. The first-order valence-corrected chi connectivity index (χ1v) is 12.7. The van der Waals surface area contributed by atoms with Gasteiger partial charge in [0.2, 0.25) is 5.88 Å². The zero-order valence-electron chi connectivity index (χ0n) is 19.6. The highest BCUT2D eigenvalue weighted by Crippen LogP contribution is 2.46. The van der Waals surface area contributed by atoms with Crippen molar-refractivity contribution < 1.29 is 14.6 Å². The number of pyridine rings is 1. The molecule has 0 saturated heterocycles. The van der Waals surface area contributed by atoms with Gasteiger partial charge in [0.25, 0.3) is 5.56 Å². The Morgan fingerprint density at radius 3 is 2.67 bits per heavy atom. The van der Waals surface area contributed by atoms with Crippen molar-refractivity contribution in [2.75, 3.05) is 14.2 Å². The van der Waals surface area contributed by atoms with Crippen LogP contribution in [0.1, 0.15) is 29.9 Å². The van der Waals surface area contributed by atoms with Crippen LogP contribution in [0.4, 0.5) is 0 Å². The van der Waals surface area contributed by atoms with Crippen molar-refractivity contribution in [3.8, 4) is 28.8 Å². The highest BCUT2D eigenvalue weighted by molar-refractivity contribution is 7.25. The van der Waals surface area contributed by atoms with Gasteiger partial charge in [0.05, 0.1) is 35.9 Å². The zero-order valence-corrected chi connectivity index (χ0v) is 21.2. The molecule has 7 nitrogen and oxygen atoms in total. The predicted octanol–water partition coefficient (Wildman–Crippen LogP) is 5.98. The molecule has 182 valence electrons. The molecule has 6 rings (SSSR count). The van der Waals surface area contributed by atoms with Crippen LogP contribution in [0.2, 0.25) is 5.02 Å². The highest BCUT2D eigenvalue weighted by atomic mass is 35.5. The molecule has 0 radical (unpaired) electrons. The zero-order chi connectivity index (χ0) is 25.0. The molecule has 5 aromatic rings. The third-order valence-electron chi connectivity index (χ3n) is 6.55. The molecule has 9 heteroatoms. The quantitative estimate of drug-likeness (QED) is 0.297. The van der Waals surface area contributed by atoms with Crippen LogP contribution >= 0.6 is 22.9 Å². The standard InChI is InChI=1S/C27H22ClN3O4S/c1-34-16-6-7-17(19(11-16)15-4-5-15)25-30-26-22(18-8-9-20(28)23(32)24(18)36-26)27(33)31(25)13-14-3-10-21(35-2)29-12-14/h3,6-12,15,32H,4-5,13H2,1-2H3. The number of hydrogen-bond acceptors (Lipinski definition) is 7. The topological polar surface area (TPSA) is 86.5 Å². The lowest BCUT2D eigenvalue weighted by Crippen LogP contribution is -2.24. The number of thiophene rings is 1. The van der Waals surface area contributed by atoms with Gasteiger partial charge in [-0.05, 0) is 54.2 Å². The second-order valence-electron chi connectivity index (χ2n) is 8.82. The van der Waals surface area contributed by atoms with Crippen LogP contribution in [0.25, 0.3) is 31.7 Å². The molecule has 0 amide bonds. The summed E-state index contributed by atoms with van der Waals surface area (Å²) in [5.41, 5.74) is 2.68. The van der Waals surface area contributed by atoms with E-state index in [1.54, 1.807) is 43.2 Å². The molecule has 1 N–H and O–H groups in total. The van der Waals surface area contributed by atoms with E-state index in [0.29, 0.717) is 37.9 Å². The van der Waals surface area contributed by atoms with E-state index in [1.807, 2.05) is 24.3 Å². The molecular weight excluding hydrogens is 498 g/mol. The number of nitrogens with zero attached hydrogens (tertiary/aromatic N) is 3. The fourth-order valence-electron chi connectivity index (χ4n) is 4.55. The first-order chi connectivity index (χ1) is 17.5. The van der Waals surface area contributed by atoms with Gasteiger partial charge in [-0.25, -0.2) is 9.97 Å². The molecule has 0 atom stereocenters. The van der Waals surface area contributed by atoms with Crippen LogP contribution in [-0.2, 0) is 6.54 Å². The van der Waals surface area contributed by atoms with Crippen LogP contribution in [-0.4, -0.2) is 33.9 Å². The third-order valence-corrected chi connectivity index (χ3v) is 7.96. The Labute approximate surface area is 215 Å². The lowest BCUT2D eigenvalue weighted by atomic mass is 10.0. The minimum Gasteiger partial charge on any atom is -0.505 e. The van der Waals surface area contributed by atoms with Gasteiger partial charge in [-0.2, -0.15) is 0 Å². The van der Waals surface area contributed by atoms with Crippen molar-refractivity contribution in [1.29, 1.82) is 0 Å². The minimum atomic E-state index is -0.184. The van der Waals surface area contributed by atoms with Crippen molar-refractivity contribution in [1.82, 2.24) is 14.5 Å². The summed E-state index contributed by atoms with van der Waals surface area (Å²) in [6.07, 6.45) is 3.88. The summed E-state index contributed by atoms with van der Waals surface area (Å²) in [4.78, 5) is 24.0. The molecular formula is C27H22ClN3O4S. The average molecular weight is 520 g/mol. The van der Waals surface area contributed by atoms with Crippen LogP contribution in [0.15, 0.2) is 53.5 Å². The van der Waals surface area contributed by atoms with Gasteiger partial charge in [-0.1, -0.05) is 23.7 Å². The van der Waals surface area contributed by atoms with Gasteiger partial charge in [0, 0.05) is 23.2 Å². The number of benzene rings is 2. The molecule has 0 spiro atoms. The Kier molecular flexibility index (Phi) is 5.58. The monoisotopic (exact) mass is 519 g/mol. The maximum Gasteiger partial charge on any atom is 0.263 e. The van der Waals surface area contributed by atoms with E-state index < -0.39 is 0 Å². The summed E-state index contributed by atoms with van der Waals surface area (Å²) < 4.78 is 12.9. The van der Waals surface area contributed by atoms with Gasteiger partial charge in [-0.15, -0.1) is 11.3 Å². The normalized spacial score (nSPS) is 13.4. The van der Waals surface area contributed by atoms with Crippen LogP contribution in [0.3, 0.4) is 0 Å². The number of methoxy groups -OCH3 is 2. The van der Waals surface area contributed by atoms with Crippen molar-refractivity contribution in [2.45, 2.75) is 25.3 Å². The number of rotatable bonds is 6. The molecule has 0 unspecified atom stereocenters. The fourth-order valence-corrected chi connectivity index (χ4v) is 5.87. The first-order valence-electron chi connectivity index (χ1n) is 11.5. The Morgan fingerprint density at radius 1 is 1.14 bits per heavy atom. The number of fused-ring (bicyclic) bond motifs is 3. The molecule has 0 aliphatic heterocycles. The van der Waals surface area contributed by atoms with Gasteiger partial charge in [0.15, 0.2) is 5.75 Å². The summed E-state index contributed by atoms with van der Waals surface area (Å²) >= 11 is 7.43. The summed E-state index contributed by atoms with van der Waals surface area (Å²) in [6.45, 7) is 0.279. The van der Waals surface area contributed by atoms with Crippen molar-refractivity contribution in [3.63, 3.8) is 0 Å². The van der Waals surface area contributed by atoms with Gasteiger partial charge >= 0.3 is 0 Å². The van der Waals surface area contributed by atoms with E-state index in [1.165, 1.54) is 11.3 Å². The average Bonchev–Trinajstić information content (AvgIpc) is 3.68. The molecule has 0 bridgehead atoms. The van der Waals surface area contributed by atoms with E-state index in [9.17, 15) is 9.90 Å². The van der Waals surface area contributed by atoms with Crippen molar-refractivity contribution in [3.05, 3.63) is 75.2 Å². The lowest BCUT2D eigenvalue weighted by molar-refractivity contribution is 0.397. The van der Waals surface area contributed by atoms with E-state index >= 15 is 0 Å². The van der Waals surface area contributed by atoms with Gasteiger partial charge in [-0.3, -0.25) is 9.36 Å². The Hall–Kier alpha value is -3.62. The Morgan fingerprint density at radius 2 is 1.97 bits per heavy atom. The van der Waals surface area contributed by atoms with Gasteiger partial charge in [0.1, 0.15) is 16.4 Å². The number of hydrogen-bond donors (Lipinski definition) is 1. The van der Waals surface area contributed by atoms with E-state index in [2.05, 4.69) is 4.98 Å². The third kappa shape index (κ3) is 3.77. The molecule has 3 aromatic heterocycles. The SMILES string of the molecule is COc1ccc(-c2nc3sc4c(O)c(Cl)ccc4c3c(=O)n2Cc2ccc(OC)nc2)c(C2CC2)c1. The number of phenols is 1. The number of aromatic nitrogens is 3. The van der Waals surface area contributed by atoms with Gasteiger partial charge < -0.3 is 14.6 Å². The summed E-state index contributed by atoms with van der Waals surface area (Å²) in [7, 11) is 3.21. The number of halogens is 1. The van der Waals surface area contributed by atoms with E-state index in [-0.39, 0.29) is 22.9 Å². The Bertz CT molecular complexity index is 1690. The molecule has 1 saturated carbocycles. The van der Waals surface area contributed by atoms with Crippen LogP contribution in [0, 0.1) is 0 Å². The first kappa shape index (κ1) is 22.8. The lowest BCUT2D eigenvalue weighted by Gasteiger charge is -2.16. The summed E-state index contributed by atoms with van der Waals surface area (Å²) in [5.74, 6) is 2.22. The molecule has 1 aliphatic carbocycles. The van der Waals surface area contributed by atoms with E-state index in [4.69, 9.17) is 26.1 Å². The molecule has 3 heterocycles. The maximum absolute atomic E-state index is 14.1. The second kappa shape index (κ2) is 8.80. The fraction of sp³-hybridized carbons (Fsp3) is 0.222. The van der Waals surface area contributed by atoms with E-state index in [0.717, 1.165) is 35.3 Å². The predicted molar refractivity (Wildman–Crippen MR) is 142 cm³/mol. The smallest absolute Gasteiger partial charge is 0.263 e. The number of ether oxygens (including phenoxy) is 2. The van der Waals surface area contributed by atoms with Crippen molar-refractivity contribution >= 4 is 43.2 Å².